The number of rotatable bonds is 21. The van der Waals surface area contributed by atoms with Crippen LogP contribution in [0.5, 0.6) is 0 Å². The zero-order valence-corrected chi connectivity index (χ0v) is 37.6. The normalized spacial score (nSPS) is 19.9. The molecule has 2 aromatic carbocycles. The van der Waals surface area contributed by atoms with E-state index in [-0.39, 0.29) is 43.2 Å². The summed E-state index contributed by atoms with van der Waals surface area (Å²) in [6.45, 7) is 9.78. The maximum absolute atomic E-state index is 14.7. The molecule has 0 spiro atoms. The fourth-order valence-corrected chi connectivity index (χ4v) is 8.54. The number of nitrogens with zero attached hydrogens (tertiary/aromatic N) is 2. The number of carbonyl (C=O) groups is 4. The first kappa shape index (κ1) is 49.3. The highest BCUT2D eigenvalue weighted by Crippen LogP contribution is 2.39. The monoisotopic (exact) mass is 867 g/mol. The molecule has 2 aliphatic rings. The Bertz CT molecular complexity index is 1930. The van der Waals surface area contributed by atoms with Crippen LogP contribution in [0.15, 0.2) is 54.6 Å². The molecule has 1 aliphatic carbocycles. The highest BCUT2D eigenvalue weighted by molar-refractivity contribution is 7.92. The summed E-state index contributed by atoms with van der Waals surface area (Å²) in [6, 6.07) is 13.9. The predicted octanol–water partition coefficient (Wildman–Crippen LogP) is 3.59. The Hall–Kier alpha value is -4.40. The second-order valence-electron chi connectivity index (χ2n) is 17.7. The summed E-state index contributed by atoms with van der Waals surface area (Å²) in [7, 11) is -2.44. The number of likely N-dealkylation sites (tertiary alicyclic amines) is 1. The SMILES string of the molecule is COCCOCCOCC(=O)OC(CN1C[C@H]2CCCC[C@H]2CC1C(=O)NC(C)(C)C)C(Cc1ccccc1)NC(=O)[C@@H](NC(=O)c1cccc(C#N)c1)C(C)(C)S(C)(=O)=O. The summed E-state index contributed by atoms with van der Waals surface area (Å²) in [5.41, 5.74) is 0.540. The Kier molecular flexibility index (Phi) is 18.3. The number of hydrogen-bond acceptors (Lipinski definition) is 12. The van der Waals surface area contributed by atoms with Crippen molar-refractivity contribution in [2.24, 2.45) is 11.8 Å². The van der Waals surface area contributed by atoms with Gasteiger partial charge in [0, 0.05) is 37.6 Å². The molecule has 2 fully saturated rings. The molecule has 6 atom stereocenters. The van der Waals surface area contributed by atoms with Gasteiger partial charge in [0.05, 0.1) is 54.9 Å². The smallest absolute Gasteiger partial charge is 0.332 e. The van der Waals surface area contributed by atoms with Crippen molar-refractivity contribution < 1.29 is 46.5 Å². The lowest BCUT2D eigenvalue weighted by Gasteiger charge is -2.47. The lowest BCUT2D eigenvalue weighted by molar-refractivity contribution is -0.160. The zero-order chi connectivity index (χ0) is 44.8. The number of benzene rings is 2. The summed E-state index contributed by atoms with van der Waals surface area (Å²) in [6.07, 6.45) is 4.89. The molecule has 2 aromatic rings. The van der Waals surface area contributed by atoms with Gasteiger partial charge in [-0.15, -0.1) is 0 Å². The third-order valence-corrected chi connectivity index (χ3v) is 13.7. The van der Waals surface area contributed by atoms with Crippen LogP contribution in [0.25, 0.3) is 0 Å². The summed E-state index contributed by atoms with van der Waals surface area (Å²) in [5.74, 6) is -1.77. The van der Waals surface area contributed by atoms with Gasteiger partial charge in [-0.25, -0.2) is 13.2 Å². The number of fused-ring (bicyclic) bond motifs is 1. The summed E-state index contributed by atoms with van der Waals surface area (Å²) in [5, 5.41) is 18.2. The van der Waals surface area contributed by atoms with Crippen molar-refractivity contribution >= 4 is 33.5 Å². The van der Waals surface area contributed by atoms with Crippen molar-refractivity contribution in [1.29, 1.82) is 5.26 Å². The van der Waals surface area contributed by atoms with Gasteiger partial charge >= 0.3 is 5.97 Å². The van der Waals surface area contributed by atoms with E-state index < -0.39 is 68.7 Å². The molecule has 0 radical (unpaired) electrons. The van der Waals surface area contributed by atoms with Gasteiger partial charge < -0.3 is 34.9 Å². The molecule has 4 rings (SSSR count). The number of esters is 1. The van der Waals surface area contributed by atoms with E-state index in [4.69, 9.17) is 18.9 Å². The van der Waals surface area contributed by atoms with Crippen LogP contribution in [0.2, 0.25) is 0 Å². The van der Waals surface area contributed by atoms with E-state index >= 15 is 0 Å². The van der Waals surface area contributed by atoms with Crippen molar-refractivity contribution in [2.45, 2.75) is 108 Å². The number of amides is 3. The number of piperidine rings is 1. The van der Waals surface area contributed by atoms with E-state index in [1.165, 1.54) is 38.1 Å². The van der Waals surface area contributed by atoms with Crippen LogP contribution in [0.1, 0.15) is 88.2 Å². The molecule has 1 saturated heterocycles. The third kappa shape index (κ3) is 14.9. The minimum atomic E-state index is -4.01. The second kappa shape index (κ2) is 22.6. The molecule has 1 saturated carbocycles. The van der Waals surface area contributed by atoms with Crippen LogP contribution >= 0.6 is 0 Å². The average Bonchev–Trinajstić information content (AvgIpc) is 3.20. The molecule has 0 aromatic heterocycles. The maximum atomic E-state index is 14.7. The molecule has 3 unspecified atom stereocenters. The van der Waals surface area contributed by atoms with E-state index in [0.717, 1.165) is 37.5 Å². The molecule has 3 amide bonds. The molecule has 61 heavy (non-hydrogen) atoms. The average molecular weight is 868 g/mol. The number of nitriles is 1. The maximum Gasteiger partial charge on any atom is 0.332 e. The Balaban J connectivity index is 1.74. The molecular formula is C45H65N5O10S. The van der Waals surface area contributed by atoms with E-state index in [1.54, 1.807) is 7.11 Å². The Labute approximate surface area is 361 Å². The number of ether oxygens (including phenoxy) is 4. The Morgan fingerprint density at radius 1 is 0.902 bits per heavy atom. The van der Waals surface area contributed by atoms with Gasteiger partial charge in [0.1, 0.15) is 18.8 Å². The van der Waals surface area contributed by atoms with Crippen molar-refractivity contribution in [1.82, 2.24) is 20.9 Å². The van der Waals surface area contributed by atoms with Gasteiger partial charge in [-0.05, 0) is 89.5 Å². The molecule has 1 heterocycles. The van der Waals surface area contributed by atoms with Gasteiger partial charge in [-0.1, -0.05) is 55.7 Å². The number of methoxy groups -OCH3 is 1. The first-order chi connectivity index (χ1) is 28.8. The van der Waals surface area contributed by atoms with Crippen LogP contribution in [-0.4, -0.2) is 131 Å². The lowest BCUT2D eigenvalue weighted by Crippen LogP contribution is -2.64. The quantitative estimate of drug-likeness (QED) is 0.122. The van der Waals surface area contributed by atoms with Crippen molar-refractivity contribution in [3.05, 3.63) is 71.3 Å². The Morgan fingerprint density at radius 3 is 2.23 bits per heavy atom. The van der Waals surface area contributed by atoms with Crippen LogP contribution in [-0.2, 0) is 49.6 Å². The molecule has 15 nitrogen and oxygen atoms in total. The molecule has 3 N–H and O–H groups in total. The number of nitrogens with one attached hydrogen (secondary N) is 3. The molecule has 16 heteroatoms. The van der Waals surface area contributed by atoms with Gasteiger partial charge in [-0.2, -0.15) is 5.26 Å². The van der Waals surface area contributed by atoms with E-state index in [2.05, 4.69) is 20.9 Å². The number of hydrogen-bond donors (Lipinski definition) is 3. The van der Waals surface area contributed by atoms with Crippen molar-refractivity contribution in [3.63, 3.8) is 0 Å². The number of sulfone groups is 1. The fourth-order valence-electron chi connectivity index (χ4n) is 7.95. The lowest BCUT2D eigenvalue weighted by atomic mass is 9.72. The summed E-state index contributed by atoms with van der Waals surface area (Å²) in [4.78, 5) is 58.3. The van der Waals surface area contributed by atoms with Crippen LogP contribution in [0, 0.1) is 23.2 Å². The predicted molar refractivity (Wildman–Crippen MR) is 230 cm³/mol. The topological polar surface area (TPSA) is 202 Å². The first-order valence-electron chi connectivity index (χ1n) is 21.1. The van der Waals surface area contributed by atoms with Crippen molar-refractivity contribution in [2.75, 3.05) is 59.5 Å². The van der Waals surface area contributed by atoms with E-state index in [1.807, 2.05) is 57.2 Å². The first-order valence-corrected chi connectivity index (χ1v) is 23.0. The summed E-state index contributed by atoms with van der Waals surface area (Å²) < 4.78 is 47.2. The van der Waals surface area contributed by atoms with Crippen LogP contribution in [0.3, 0.4) is 0 Å². The molecule has 1 aliphatic heterocycles. The van der Waals surface area contributed by atoms with Gasteiger partial charge in [-0.3, -0.25) is 19.3 Å². The molecular weight excluding hydrogens is 803 g/mol. The second-order valence-corrected chi connectivity index (χ2v) is 20.3. The van der Waals surface area contributed by atoms with Crippen LogP contribution < -0.4 is 16.0 Å². The van der Waals surface area contributed by atoms with Crippen molar-refractivity contribution in [3.8, 4) is 6.07 Å². The van der Waals surface area contributed by atoms with Gasteiger partial charge in [0.2, 0.25) is 11.8 Å². The highest BCUT2D eigenvalue weighted by Gasteiger charge is 2.47. The van der Waals surface area contributed by atoms with Gasteiger partial charge in [0.25, 0.3) is 5.91 Å². The minimum Gasteiger partial charge on any atom is -0.457 e. The standard InChI is InChI=1S/C45H65N5O10S/c1-44(2,3)49-42(53)37-26-33-17-11-12-18-35(33)28-50(37)29-38(60-39(51)30-59-23-22-58-21-20-57-6)36(25-31-14-9-8-10-15-31)47-43(54)40(45(4,5)61(7,55)56)48-41(52)34-19-13-16-32(24-34)27-46/h8-10,13-16,19,24,33,35-38,40H,11-12,17-18,20-23,25-26,28-30H2,1-7H3,(H,47,54)(H,48,52)(H,49,53)/t33-,35+,36?,37?,38?,40+/m0/s1. The summed E-state index contributed by atoms with van der Waals surface area (Å²) >= 11 is 0. The third-order valence-electron chi connectivity index (χ3n) is 11.5. The largest absolute Gasteiger partial charge is 0.457 e. The number of carbonyl (C=O) groups excluding carboxylic acids is 4. The Morgan fingerprint density at radius 2 is 1.57 bits per heavy atom. The minimum absolute atomic E-state index is 0.0581. The molecule has 336 valence electrons. The highest BCUT2D eigenvalue weighted by atomic mass is 32.2. The van der Waals surface area contributed by atoms with Gasteiger partial charge in [0.15, 0.2) is 9.84 Å². The fraction of sp³-hybridized carbons (Fsp3) is 0.622. The zero-order valence-electron chi connectivity index (χ0n) is 36.7. The molecule has 0 bridgehead atoms. The van der Waals surface area contributed by atoms with E-state index in [0.29, 0.717) is 38.0 Å². The van der Waals surface area contributed by atoms with E-state index in [9.17, 15) is 32.9 Å². The van der Waals surface area contributed by atoms with Crippen LogP contribution in [0.4, 0.5) is 0 Å².